The maximum absolute atomic E-state index is 10.8. The van der Waals surface area contributed by atoms with Crippen molar-refractivity contribution < 1.29 is 5.11 Å². The number of rotatable bonds is 2. The Morgan fingerprint density at radius 2 is 1.76 bits per heavy atom. The number of pyridine rings is 1. The lowest BCUT2D eigenvalue weighted by atomic mass is 9.52. The van der Waals surface area contributed by atoms with Gasteiger partial charge in [0.25, 0.3) is 0 Å². The Labute approximate surface area is 276 Å². The number of phenols is 1. The van der Waals surface area contributed by atoms with Crippen LogP contribution in [0.5, 0.6) is 5.75 Å². The number of para-hydroxylation sites is 1. The second-order valence-electron chi connectivity index (χ2n) is 14.5. The van der Waals surface area contributed by atoms with Gasteiger partial charge >= 0.3 is 0 Å². The Morgan fingerprint density at radius 3 is 2.63 bits per heavy atom. The fourth-order valence-corrected chi connectivity index (χ4v) is 9.84. The summed E-state index contributed by atoms with van der Waals surface area (Å²) in [5, 5.41) is 11.8. The predicted molar refractivity (Wildman–Crippen MR) is 192 cm³/mol. The third-order valence-corrected chi connectivity index (χ3v) is 11.7. The molecule has 2 fully saturated rings. The normalized spacial score (nSPS) is 34.6. The molecule has 6 aliphatic rings. The number of nitrogens with two attached hydrogens (primary N) is 1. The Balaban J connectivity index is 1.25. The first-order valence-corrected chi connectivity index (χ1v) is 18.3. The molecular weight excluding hydrogens is 564 g/mol. The summed E-state index contributed by atoms with van der Waals surface area (Å²) >= 11 is 0. The highest BCUT2D eigenvalue weighted by molar-refractivity contribution is 5.90. The number of benzene rings is 1. The molecule has 2 saturated heterocycles. The van der Waals surface area contributed by atoms with Crippen LogP contribution in [0.25, 0.3) is 17.0 Å². The molecule has 1 aliphatic carbocycles. The van der Waals surface area contributed by atoms with Gasteiger partial charge < -0.3 is 15.7 Å². The minimum Gasteiger partial charge on any atom is -0.506 e. The molecule has 8 rings (SSSR count). The molecule has 0 saturated carbocycles. The maximum Gasteiger partial charge on any atom is 0.141 e. The van der Waals surface area contributed by atoms with Gasteiger partial charge in [0.2, 0.25) is 0 Å². The fourth-order valence-electron chi connectivity index (χ4n) is 9.84. The minimum atomic E-state index is 0.270. The third kappa shape index (κ3) is 6.31. The highest BCUT2D eigenvalue weighted by Gasteiger charge is 2.58. The lowest BCUT2D eigenvalue weighted by Crippen LogP contribution is -2.68. The smallest absolute Gasteiger partial charge is 0.141 e. The first-order chi connectivity index (χ1) is 22.7. The quantitative estimate of drug-likeness (QED) is 0.337. The van der Waals surface area contributed by atoms with Gasteiger partial charge in [-0.15, -0.1) is 0 Å². The molecule has 6 heterocycles. The van der Waals surface area contributed by atoms with Crippen molar-refractivity contribution in [1.82, 2.24) is 14.8 Å². The average Bonchev–Trinajstić information content (AvgIpc) is 3.07. The van der Waals surface area contributed by atoms with Gasteiger partial charge in [-0.3, -0.25) is 4.90 Å². The summed E-state index contributed by atoms with van der Waals surface area (Å²) in [7, 11) is 0. The van der Waals surface area contributed by atoms with Gasteiger partial charge in [-0.1, -0.05) is 72.4 Å². The lowest BCUT2D eigenvalue weighted by Gasteiger charge is -2.64. The first-order valence-electron chi connectivity index (χ1n) is 18.3. The number of aryl methyl sites for hydroxylation is 1. The molecule has 1 aromatic heterocycles. The van der Waals surface area contributed by atoms with E-state index in [2.05, 4.69) is 70.6 Å². The number of allylic oxidation sites excluding steroid dienone is 6. The molecular formula is C41H54N4O. The van der Waals surface area contributed by atoms with Crippen LogP contribution in [-0.4, -0.2) is 65.2 Å². The predicted octanol–water partition coefficient (Wildman–Crippen LogP) is 7.75. The number of aromatic nitrogens is 1. The summed E-state index contributed by atoms with van der Waals surface area (Å²) in [5.74, 6) is 1.72. The van der Waals surface area contributed by atoms with E-state index in [0.717, 1.165) is 80.4 Å². The fraction of sp³-hybridized carbons (Fsp3) is 0.537. The number of aromatic hydroxyl groups is 1. The molecule has 5 heteroatoms. The maximum atomic E-state index is 10.8. The van der Waals surface area contributed by atoms with Crippen LogP contribution in [-0.2, 0) is 12.8 Å². The molecule has 46 heavy (non-hydrogen) atoms. The van der Waals surface area contributed by atoms with E-state index in [4.69, 9.17) is 10.7 Å². The lowest BCUT2D eigenvalue weighted by molar-refractivity contribution is -0.109. The van der Waals surface area contributed by atoms with Crippen molar-refractivity contribution >= 4 is 17.0 Å². The number of hydrogen-bond acceptors (Lipinski definition) is 5. The Kier molecular flexibility index (Phi) is 9.90. The van der Waals surface area contributed by atoms with Crippen LogP contribution in [0.4, 0.5) is 0 Å². The summed E-state index contributed by atoms with van der Waals surface area (Å²) in [6, 6.07) is 6.35. The van der Waals surface area contributed by atoms with Crippen LogP contribution >= 0.6 is 0 Å². The van der Waals surface area contributed by atoms with Gasteiger partial charge in [0.15, 0.2) is 0 Å². The van der Waals surface area contributed by atoms with Gasteiger partial charge in [-0.2, -0.15) is 0 Å². The monoisotopic (exact) mass is 618 g/mol. The molecule has 2 aromatic rings. The van der Waals surface area contributed by atoms with Crippen molar-refractivity contribution in [2.24, 2.45) is 23.0 Å². The molecule has 1 aromatic carbocycles. The second-order valence-corrected chi connectivity index (χ2v) is 14.5. The summed E-state index contributed by atoms with van der Waals surface area (Å²) in [4.78, 5) is 10.9. The van der Waals surface area contributed by atoms with E-state index in [1.807, 2.05) is 6.07 Å². The molecule has 0 amide bonds. The zero-order valence-electron chi connectivity index (χ0n) is 27.8. The van der Waals surface area contributed by atoms with E-state index in [-0.39, 0.29) is 5.75 Å². The highest BCUT2D eigenvalue weighted by Crippen LogP contribution is 2.57. The molecule has 5 nitrogen and oxygen atoms in total. The average molecular weight is 619 g/mol. The number of fused-ring (bicyclic) bond motifs is 3. The topological polar surface area (TPSA) is 65.6 Å². The summed E-state index contributed by atoms with van der Waals surface area (Å²) in [5.41, 5.74) is 12.5. The largest absolute Gasteiger partial charge is 0.506 e. The molecule has 244 valence electrons. The molecule has 1 spiro atoms. The molecule has 6 atom stereocenters. The van der Waals surface area contributed by atoms with Gasteiger partial charge in [0.05, 0.1) is 0 Å². The van der Waals surface area contributed by atoms with Crippen LogP contribution < -0.4 is 5.73 Å². The van der Waals surface area contributed by atoms with Crippen molar-refractivity contribution in [2.75, 3.05) is 39.3 Å². The molecule has 5 aliphatic heterocycles. The summed E-state index contributed by atoms with van der Waals surface area (Å²) in [6.45, 7) is 6.62. The summed E-state index contributed by atoms with van der Waals surface area (Å²) < 4.78 is 0. The van der Waals surface area contributed by atoms with E-state index in [0.29, 0.717) is 23.9 Å². The van der Waals surface area contributed by atoms with Crippen molar-refractivity contribution in [3.8, 4) is 5.75 Å². The second kappa shape index (κ2) is 14.4. The van der Waals surface area contributed by atoms with Crippen LogP contribution in [0.1, 0.15) is 81.0 Å². The van der Waals surface area contributed by atoms with Crippen LogP contribution in [0, 0.1) is 17.3 Å². The van der Waals surface area contributed by atoms with E-state index in [9.17, 15) is 5.11 Å². The van der Waals surface area contributed by atoms with Gasteiger partial charge in [-0.05, 0) is 126 Å². The Morgan fingerprint density at radius 1 is 0.913 bits per heavy atom. The zero-order valence-corrected chi connectivity index (χ0v) is 27.8. The van der Waals surface area contributed by atoms with Gasteiger partial charge in [0.1, 0.15) is 11.3 Å². The van der Waals surface area contributed by atoms with Crippen molar-refractivity contribution in [1.29, 1.82) is 0 Å². The van der Waals surface area contributed by atoms with Gasteiger partial charge in [0, 0.05) is 42.2 Å². The highest BCUT2D eigenvalue weighted by atomic mass is 16.3. The minimum absolute atomic E-state index is 0.270. The van der Waals surface area contributed by atoms with Crippen molar-refractivity contribution in [3.63, 3.8) is 0 Å². The van der Waals surface area contributed by atoms with E-state index < -0.39 is 0 Å². The number of nitrogens with zero attached hydrogens (tertiary/aromatic N) is 3. The molecule has 3 N–H and O–H groups in total. The zero-order chi connectivity index (χ0) is 31.3. The third-order valence-electron chi connectivity index (χ3n) is 11.7. The number of phenolic OH excluding ortho intramolecular Hbond substituents is 1. The van der Waals surface area contributed by atoms with Crippen LogP contribution in [0.3, 0.4) is 0 Å². The van der Waals surface area contributed by atoms with Crippen LogP contribution in [0.15, 0.2) is 72.4 Å². The van der Waals surface area contributed by atoms with Crippen molar-refractivity contribution in [2.45, 2.75) is 83.1 Å². The Bertz CT molecular complexity index is 1530. The van der Waals surface area contributed by atoms with Crippen molar-refractivity contribution in [3.05, 3.63) is 89.2 Å². The first kappa shape index (κ1) is 31.6. The van der Waals surface area contributed by atoms with E-state index >= 15 is 0 Å². The Hall–Kier alpha value is -2.99. The van der Waals surface area contributed by atoms with Crippen LogP contribution in [0.2, 0.25) is 0 Å². The number of piperidine rings is 2. The molecule has 0 radical (unpaired) electrons. The number of hydrogen-bond donors (Lipinski definition) is 2. The molecule has 2 unspecified atom stereocenters. The summed E-state index contributed by atoms with van der Waals surface area (Å²) in [6.07, 6.45) is 35.0. The van der Waals surface area contributed by atoms with Gasteiger partial charge in [-0.25, -0.2) is 4.98 Å². The van der Waals surface area contributed by atoms with E-state index in [1.54, 1.807) is 11.6 Å². The molecule has 6 bridgehead atoms. The standard InChI is InChI=1S/C41H54N4O/c42-24-21-33-34-17-10-12-23-41-30-44-25-13-8-6-4-2-1-3-5-7-9-16-31-28-32(36(41)22-27-44)29-45(40(31)41)26-14-11-19-37(34)43-39-35(33)18-15-20-38(39)46/h1-2,5-8,10,15,17-18,20,28,32,36,40,46H,3-4,9,11-14,16,19,21-27,29-30,42H2/b2-1-,7-5-,8-6-,17-10-/t32-,36-,40-,41-/m1/s1. The van der Waals surface area contributed by atoms with E-state index in [1.165, 1.54) is 63.0 Å². The SMILES string of the molecule is NCCc1c2c(nc3c(O)cccc13)CCCCN1C[C@H]3C=C4CC/C=C\C/C=C\C/C=C\CCN5CC[C@H]3[C@@](CC/C=C\2)(C5)[C@@H]41.